The maximum atomic E-state index is 12.1. The lowest BCUT2D eigenvalue weighted by molar-refractivity contribution is -0.152. The van der Waals surface area contributed by atoms with Crippen molar-refractivity contribution in [3.8, 4) is 0 Å². The number of carbonyl (C=O) groups is 2. The van der Waals surface area contributed by atoms with Crippen molar-refractivity contribution < 1.29 is 23.8 Å². The largest absolute Gasteiger partial charge is 0.455 e. The molecule has 0 radical (unpaired) electrons. The molecule has 122 valence electrons. The zero-order valence-corrected chi connectivity index (χ0v) is 12.7. The van der Waals surface area contributed by atoms with Crippen LogP contribution in [0.4, 0.5) is 4.79 Å². The van der Waals surface area contributed by atoms with Gasteiger partial charge in [-0.25, -0.2) is 9.59 Å². The molecule has 3 fully saturated rings. The first-order valence-electron chi connectivity index (χ1n) is 8.02. The Morgan fingerprint density at radius 1 is 1.35 bits per heavy atom. The Balaban J connectivity index is 1.32. The average molecular weight is 317 g/mol. The van der Waals surface area contributed by atoms with Crippen LogP contribution in [0.25, 0.3) is 0 Å². The van der Waals surface area contributed by atoms with Gasteiger partial charge in [0.05, 0.1) is 6.10 Å². The molecule has 1 saturated carbocycles. The van der Waals surface area contributed by atoms with Gasteiger partial charge in [0, 0.05) is 6.42 Å². The molecular weight excluding hydrogens is 298 g/mol. The Hall–Kier alpha value is -2.08. The highest BCUT2D eigenvalue weighted by Gasteiger charge is 2.63. The van der Waals surface area contributed by atoms with Gasteiger partial charge in [0.2, 0.25) is 0 Å². The van der Waals surface area contributed by atoms with Crippen LogP contribution in [0.5, 0.6) is 0 Å². The van der Waals surface area contributed by atoms with E-state index in [4.69, 9.17) is 14.2 Å². The minimum atomic E-state index is -0.652. The van der Waals surface area contributed by atoms with E-state index in [0.717, 1.165) is 24.8 Å². The molecule has 4 atom stereocenters. The normalized spacial score (nSPS) is 34.6. The standard InChI is InChI=1S/C17H19NO5/c19-15-12(9-17(23-15)8-4-7-13-14(17)22-13)18-16(20)21-10-11-5-2-1-3-6-11/h1-3,5-6,12-14H,4,7-10H2,(H,18,20)/t12-,13?,14?,17+/m0/s1. The van der Waals surface area contributed by atoms with Gasteiger partial charge in [-0.3, -0.25) is 0 Å². The van der Waals surface area contributed by atoms with Crippen LogP contribution in [-0.4, -0.2) is 35.9 Å². The van der Waals surface area contributed by atoms with Crippen molar-refractivity contribution in [2.75, 3.05) is 0 Å². The molecule has 6 heteroatoms. The molecule has 1 spiro atoms. The van der Waals surface area contributed by atoms with Crippen molar-refractivity contribution in [2.45, 2.75) is 56.1 Å². The predicted molar refractivity (Wildman–Crippen MR) is 79.5 cm³/mol. The first-order chi connectivity index (χ1) is 11.2. The zero-order valence-electron chi connectivity index (χ0n) is 12.7. The Bertz CT molecular complexity index is 619. The Morgan fingerprint density at radius 2 is 2.17 bits per heavy atom. The van der Waals surface area contributed by atoms with E-state index in [-0.39, 0.29) is 18.8 Å². The van der Waals surface area contributed by atoms with Crippen LogP contribution in [-0.2, 0) is 25.6 Å². The summed E-state index contributed by atoms with van der Waals surface area (Å²) in [5.74, 6) is -0.391. The van der Waals surface area contributed by atoms with E-state index in [1.807, 2.05) is 30.3 Å². The minimum Gasteiger partial charge on any atom is -0.455 e. The summed E-state index contributed by atoms with van der Waals surface area (Å²) in [6, 6.07) is 8.75. The first-order valence-corrected chi connectivity index (χ1v) is 8.02. The summed E-state index contributed by atoms with van der Waals surface area (Å²) in [5.41, 5.74) is 0.354. The van der Waals surface area contributed by atoms with Crippen molar-refractivity contribution in [3.05, 3.63) is 35.9 Å². The monoisotopic (exact) mass is 317 g/mol. The number of carbonyl (C=O) groups excluding carboxylic acids is 2. The molecule has 3 aliphatic rings. The van der Waals surface area contributed by atoms with Crippen molar-refractivity contribution in [1.29, 1.82) is 0 Å². The first kappa shape index (κ1) is 14.5. The fraction of sp³-hybridized carbons (Fsp3) is 0.529. The van der Waals surface area contributed by atoms with Gasteiger partial charge >= 0.3 is 12.1 Å². The van der Waals surface area contributed by atoms with E-state index in [1.165, 1.54) is 0 Å². The summed E-state index contributed by atoms with van der Waals surface area (Å²) < 4.78 is 16.3. The number of benzene rings is 1. The molecule has 2 aliphatic heterocycles. The molecule has 1 aromatic carbocycles. The maximum absolute atomic E-state index is 12.1. The van der Waals surface area contributed by atoms with Gasteiger partial charge in [-0.05, 0) is 24.8 Å². The molecule has 1 amide bonds. The molecule has 2 saturated heterocycles. The fourth-order valence-corrected chi connectivity index (χ4v) is 3.66. The van der Waals surface area contributed by atoms with Crippen LogP contribution in [0.15, 0.2) is 30.3 Å². The van der Waals surface area contributed by atoms with Gasteiger partial charge in [0.15, 0.2) is 0 Å². The van der Waals surface area contributed by atoms with E-state index in [1.54, 1.807) is 0 Å². The number of hydrogen-bond donors (Lipinski definition) is 1. The molecule has 23 heavy (non-hydrogen) atoms. The number of amides is 1. The minimum absolute atomic E-state index is 0.00680. The summed E-state index contributed by atoms with van der Waals surface area (Å²) in [6.45, 7) is 0.174. The third-order valence-electron chi connectivity index (χ3n) is 4.83. The Kier molecular flexibility index (Phi) is 3.49. The van der Waals surface area contributed by atoms with E-state index >= 15 is 0 Å². The van der Waals surface area contributed by atoms with Crippen molar-refractivity contribution in [1.82, 2.24) is 5.32 Å². The summed E-state index contributed by atoms with van der Waals surface area (Å²) in [7, 11) is 0. The molecule has 1 aromatic rings. The fourth-order valence-electron chi connectivity index (χ4n) is 3.66. The topological polar surface area (TPSA) is 77.2 Å². The second kappa shape index (κ2) is 5.53. The van der Waals surface area contributed by atoms with Gasteiger partial charge < -0.3 is 19.5 Å². The second-order valence-corrected chi connectivity index (χ2v) is 6.44. The zero-order chi connectivity index (χ0) is 15.9. The van der Waals surface area contributed by atoms with Crippen LogP contribution in [0.3, 0.4) is 0 Å². The number of rotatable bonds is 3. The highest BCUT2D eigenvalue weighted by atomic mass is 16.6. The van der Waals surface area contributed by atoms with E-state index in [0.29, 0.717) is 6.42 Å². The number of fused-ring (bicyclic) bond motifs is 2. The van der Waals surface area contributed by atoms with Gasteiger partial charge in [0.1, 0.15) is 24.4 Å². The number of hydrogen-bond acceptors (Lipinski definition) is 5. The van der Waals surface area contributed by atoms with Gasteiger partial charge in [-0.15, -0.1) is 0 Å². The van der Waals surface area contributed by atoms with Crippen molar-refractivity contribution in [2.24, 2.45) is 0 Å². The predicted octanol–water partition coefficient (Wildman–Crippen LogP) is 1.92. The van der Waals surface area contributed by atoms with E-state index in [9.17, 15) is 9.59 Å². The lowest BCUT2D eigenvalue weighted by atomic mass is 9.82. The third kappa shape index (κ3) is 2.79. The quantitative estimate of drug-likeness (QED) is 0.681. The van der Waals surface area contributed by atoms with E-state index < -0.39 is 23.7 Å². The highest BCUT2D eigenvalue weighted by molar-refractivity contribution is 5.83. The number of epoxide rings is 1. The lowest BCUT2D eigenvalue weighted by Gasteiger charge is -2.28. The Labute approximate surface area is 134 Å². The number of nitrogens with one attached hydrogen (secondary N) is 1. The van der Waals surface area contributed by atoms with Crippen molar-refractivity contribution >= 4 is 12.1 Å². The summed E-state index contributed by atoms with van der Waals surface area (Å²) in [5, 5.41) is 2.62. The van der Waals surface area contributed by atoms with Crippen LogP contribution in [0.2, 0.25) is 0 Å². The van der Waals surface area contributed by atoms with Crippen molar-refractivity contribution in [3.63, 3.8) is 0 Å². The molecular formula is C17H19NO5. The smallest absolute Gasteiger partial charge is 0.408 e. The second-order valence-electron chi connectivity index (χ2n) is 6.44. The third-order valence-corrected chi connectivity index (χ3v) is 4.83. The average Bonchev–Trinajstić information content (AvgIpc) is 3.29. The molecule has 0 bridgehead atoms. The SMILES string of the molecule is O=C(N[C@H]1C[C@@]2(CCCC3OC32)OC1=O)OCc1ccccc1. The molecule has 2 heterocycles. The Morgan fingerprint density at radius 3 is 3.00 bits per heavy atom. The number of alkyl carbamates (subject to hydrolysis) is 1. The van der Waals surface area contributed by atoms with Crippen LogP contribution >= 0.6 is 0 Å². The van der Waals surface area contributed by atoms with Crippen LogP contribution < -0.4 is 5.32 Å². The van der Waals surface area contributed by atoms with Crippen LogP contribution in [0.1, 0.15) is 31.2 Å². The molecule has 2 unspecified atom stereocenters. The van der Waals surface area contributed by atoms with Gasteiger partial charge in [0.25, 0.3) is 0 Å². The molecule has 0 aromatic heterocycles. The lowest BCUT2D eigenvalue weighted by Crippen LogP contribution is -2.41. The van der Waals surface area contributed by atoms with E-state index in [2.05, 4.69) is 5.32 Å². The molecule has 1 aliphatic carbocycles. The molecule has 6 nitrogen and oxygen atoms in total. The maximum Gasteiger partial charge on any atom is 0.408 e. The summed E-state index contributed by atoms with van der Waals surface area (Å²) in [4.78, 5) is 24.0. The number of esters is 1. The molecule has 4 rings (SSSR count). The highest BCUT2D eigenvalue weighted by Crippen LogP contribution is 2.50. The van der Waals surface area contributed by atoms with Crippen LogP contribution in [0, 0.1) is 0 Å². The summed E-state index contributed by atoms with van der Waals surface area (Å²) in [6.07, 6.45) is 2.91. The summed E-state index contributed by atoms with van der Waals surface area (Å²) >= 11 is 0. The van der Waals surface area contributed by atoms with Gasteiger partial charge in [-0.1, -0.05) is 30.3 Å². The number of ether oxygens (including phenoxy) is 3. The van der Waals surface area contributed by atoms with Gasteiger partial charge in [-0.2, -0.15) is 0 Å². The molecule has 1 N–H and O–H groups in total.